The van der Waals surface area contributed by atoms with E-state index in [1.807, 2.05) is 6.07 Å². The maximum absolute atomic E-state index is 12.5. The summed E-state index contributed by atoms with van der Waals surface area (Å²) >= 11 is 5.96. The first kappa shape index (κ1) is 18.3. The van der Waals surface area contributed by atoms with E-state index in [-0.39, 0.29) is 29.0 Å². The average molecular weight is 384 g/mol. The zero-order chi connectivity index (χ0) is 19.4. The Morgan fingerprint density at radius 1 is 1.11 bits per heavy atom. The number of nitrogens with one attached hydrogen (secondary N) is 1. The molecule has 3 aromatic rings. The number of nitrogens with zero attached hydrogens (tertiary/aromatic N) is 2. The lowest BCUT2D eigenvalue weighted by molar-refractivity contribution is -0.383. The number of carbonyl (C=O) groups excluding carboxylic acids is 1. The summed E-state index contributed by atoms with van der Waals surface area (Å²) < 4.78 is 1.37. The highest BCUT2D eigenvalue weighted by molar-refractivity contribution is 6.30. The van der Waals surface area contributed by atoms with Gasteiger partial charge >= 0.3 is 0 Å². The standard InChI is InChI=1S/C19H14ClN3O4/c20-15-5-3-4-13(10-15)11-22-12-14(8-9-18(22)24)19(25)21-16-6-1-2-7-17(16)23(26)27/h1-10,12H,11H2,(H,21,25). The van der Waals surface area contributed by atoms with Gasteiger partial charge in [0.1, 0.15) is 5.69 Å². The summed E-state index contributed by atoms with van der Waals surface area (Å²) in [5.74, 6) is -0.552. The molecule has 0 unspecified atom stereocenters. The first-order valence-corrected chi connectivity index (χ1v) is 8.31. The highest BCUT2D eigenvalue weighted by Crippen LogP contribution is 2.23. The van der Waals surface area contributed by atoms with Crippen molar-refractivity contribution in [3.8, 4) is 0 Å². The third-order valence-electron chi connectivity index (χ3n) is 3.84. The number of amides is 1. The van der Waals surface area contributed by atoms with Gasteiger partial charge in [-0.3, -0.25) is 19.7 Å². The van der Waals surface area contributed by atoms with Crippen LogP contribution < -0.4 is 10.9 Å². The molecule has 8 heteroatoms. The quantitative estimate of drug-likeness (QED) is 0.536. The number of hydrogen-bond acceptors (Lipinski definition) is 4. The van der Waals surface area contributed by atoms with Crippen LogP contribution in [0.15, 0.2) is 71.7 Å². The monoisotopic (exact) mass is 383 g/mol. The summed E-state index contributed by atoms with van der Waals surface area (Å²) in [4.78, 5) is 35.1. The van der Waals surface area contributed by atoms with Gasteiger partial charge in [0, 0.05) is 23.4 Å². The van der Waals surface area contributed by atoms with Gasteiger partial charge in [0.05, 0.1) is 17.0 Å². The maximum atomic E-state index is 12.5. The molecule has 0 aliphatic carbocycles. The first-order chi connectivity index (χ1) is 12.9. The number of halogens is 1. The molecule has 0 atom stereocenters. The van der Waals surface area contributed by atoms with E-state index in [2.05, 4.69) is 5.32 Å². The van der Waals surface area contributed by atoms with Crippen LogP contribution in [0.25, 0.3) is 0 Å². The van der Waals surface area contributed by atoms with Crippen LogP contribution in [-0.4, -0.2) is 15.4 Å². The molecular weight excluding hydrogens is 370 g/mol. The maximum Gasteiger partial charge on any atom is 0.292 e. The molecule has 0 radical (unpaired) electrons. The molecule has 2 aromatic carbocycles. The third kappa shape index (κ3) is 4.39. The molecule has 0 fully saturated rings. The van der Waals surface area contributed by atoms with Crippen LogP contribution >= 0.6 is 11.6 Å². The number of carbonyl (C=O) groups is 1. The summed E-state index contributed by atoms with van der Waals surface area (Å²) in [5.41, 5.74) is 0.603. The van der Waals surface area contributed by atoms with Crippen molar-refractivity contribution in [1.29, 1.82) is 0 Å². The molecule has 27 heavy (non-hydrogen) atoms. The topological polar surface area (TPSA) is 94.2 Å². The summed E-state index contributed by atoms with van der Waals surface area (Å²) in [5, 5.41) is 14.1. The summed E-state index contributed by atoms with van der Waals surface area (Å²) in [6.07, 6.45) is 1.41. The second kappa shape index (κ2) is 7.84. The lowest BCUT2D eigenvalue weighted by Crippen LogP contribution is -2.22. The molecule has 0 saturated heterocycles. The van der Waals surface area contributed by atoms with Crippen molar-refractivity contribution in [1.82, 2.24) is 4.57 Å². The van der Waals surface area contributed by atoms with Crippen molar-refractivity contribution >= 4 is 28.9 Å². The van der Waals surface area contributed by atoms with Crippen molar-refractivity contribution < 1.29 is 9.72 Å². The van der Waals surface area contributed by atoms with E-state index in [9.17, 15) is 19.7 Å². The molecular formula is C19H14ClN3O4. The van der Waals surface area contributed by atoms with Crippen LogP contribution in [0.5, 0.6) is 0 Å². The van der Waals surface area contributed by atoms with E-state index >= 15 is 0 Å². The number of nitro groups is 1. The van der Waals surface area contributed by atoms with Gasteiger partial charge in [0.2, 0.25) is 0 Å². The Hall–Kier alpha value is -3.45. The van der Waals surface area contributed by atoms with Gasteiger partial charge in [-0.25, -0.2) is 0 Å². The largest absolute Gasteiger partial charge is 0.316 e. The van der Waals surface area contributed by atoms with Gasteiger partial charge in [-0.05, 0) is 29.8 Å². The number of benzene rings is 2. The normalized spacial score (nSPS) is 10.4. The molecule has 1 aromatic heterocycles. The fourth-order valence-corrected chi connectivity index (χ4v) is 2.77. The molecule has 1 amide bonds. The number of hydrogen-bond donors (Lipinski definition) is 1. The van der Waals surface area contributed by atoms with Crippen molar-refractivity contribution in [2.45, 2.75) is 6.54 Å². The fraction of sp³-hybridized carbons (Fsp3) is 0.0526. The van der Waals surface area contributed by atoms with Crippen molar-refractivity contribution in [3.05, 3.63) is 103 Å². The minimum Gasteiger partial charge on any atom is -0.316 e. The van der Waals surface area contributed by atoms with Crippen LogP contribution in [0.1, 0.15) is 15.9 Å². The van der Waals surface area contributed by atoms with Crippen molar-refractivity contribution in [3.63, 3.8) is 0 Å². The number of para-hydroxylation sites is 2. The Balaban J connectivity index is 1.86. The second-order valence-corrected chi connectivity index (χ2v) is 6.18. The third-order valence-corrected chi connectivity index (χ3v) is 4.07. The predicted octanol–water partition coefficient (Wildman–Crippen LogP) is 3.71. The average Bonchev–Trinajstić information content (AvgIpc) is 2.64. The summed E-state index contributed by atoms with van der Waals surface area (Å²) in [6, 6.07) is 15.5. The Bertz CT molecular complexity index is 1080. The fourth-order valence-electron chi connectivity index (χ4n) is 2.55. The van der Waals surface area contributed by atoms with Crippen LogP contribution in [-0.2, 0) is 6.54 Å². The van der Waals surface area contributed by atoms with E-state index in [1.165, 1.54) is 41.1 Å². The van der Waals surface area contributed by atoms with Crippen LogP contribution in [0.4, 0.5) is 11.4 Å². The van der Waals surface area contributed by atoms with Crippen molar-refractivity contribution in [2.24, 2.45) is 0 Å². The second-order valence-electron chi connectivity index (χ2n) is 5.74. The molecule has 0 bridgehead atoms. The molecule has 1 N–H and O–H groups in total. The first-order valence-electron chi connectivity index (χ1n) is 7.94. The smallest absolute Gasteiger partial charge is 0.292 e. The van der Waals surface area contributed by atoms with E-state index in [0.29, 0.717) is 5.02 Å². The molecule has 136 valence electrons. The van der Waals surface area contributed by atoms with Gasteiger partial charge in [0.15, 0.2) is 0 Å². The van der Waals surface area contributed by atoms with Crippen molar-refractivity contribution in [2.75, 3.05) is 5.32 Å². The van der Waals surface area contributed by atoms with Gasteiger partial charge < -0.3 is 9.88 Å². The summed E-state index contributed by atoms with van der Waals surface area (Å²) in [6.45, 7) is 0.242. The van der Waals surface area contributed by atoms with Gasteiger partial charge in [-0.2, -0.15) is 0 Å². The Labute approximate surface area is 159 Å². The van der Waals surface area contributed by atoms with Gasteiger partial charge in [-0.15, -0.1) is 0 Å². The Morgan fingerprint density at radius 2 is 1.89 bits per heavy atom. The van der Waals surface area contributed by atoms with E-state index in [4.69, 9.17) is 11.6 Å². The Morgan fingerprint density at radius 3 is 2.63 bits per heavy atom. The number of nitro benzene ring substituents is 1. The molecule has 0 saturated carbocycles. The van der Waals surface area contributed by atoms with Gasteiger partial charge in [0.25, 0.3) is 17.2 Å². The van der Waals surface area contributed by atoms with Crippen LogP contribution in [0, 0.1) is 10.1 Å². The molecule has 0 aliphatic heterocycles. The van der Waals surface area contributed by atoms with Crippen LogP contribution in [0.2, 0.25) is 5.02 Å². The number of anilines is 1. The minimum atomic E-state index is -0.574. The van der Waals surface area contributed by atoms with Gasteiger partial charge in [-0.1, -0.05) is 35.9 Å². The van der Waals surface area contributed by atoms with E-state index in [0.717, 1.165) is 5.56 Å². The molecule has 0 spiro atoms. The lowest BCUT2D eigenvalue weighted by atomic mass is 10.2. The molecule has 1 heterocycles. The zero-order valence-electron chi connectivity index (χ0n) is 14.0. The number of rotatable bonds is 5. The molecule has 3 rings (SSSR count). The molecule has 7 nitrogen and oxygen atoms in total. The minimum absolute atomic E-state index is 0.0834. The zero-order valence-corrected chi connectivity index (χ0v) is 14.7. The molecule has 0 aliphatic rings. The highest BCUT2D eigenvalue weighted by Gasteiger charge is 2.16. The number of aromatic nitrogens is 1. The lowest BCUT2D eigenvalue weighted by Gasteiger charge is -2.10. The van der Waals surface area contributed by atoms with E-state index < -0.39 is 10.8 Å². The predicted molar refractivity (Wildman–Crippen MR) is 102 cm³/mol. The SMILES string of the molecule is O=C(Nc1ccccc1[N+](=O)[O-])c1ccc(=O)n(Cc2cccc(Cl)c2)c1. The van der Waals surface area contributed by atoms with E-state index in [1.54, 1.807) is 24.3 Å². The summed E-state index contributed by atoms with van der Waals surface area (Å²) in [7, 11) is 0. The van der Waals surface area contributed by atoms with Crippen LogP contribution in [0.3, 0.4) is 0 Å². The number of pyridine rings is 1. The Kier molecular flexibility index (Phi) is 5.33. The highest BCUT2D eigenvalue weighted by atomic mass is 35.5.